The molecular weight excluding hydrogens is 346 g/mol. The average Bonchev–Trinajstić information content (AvgIpc) is 3.10. The van der Waals surface area contributed by atoms with Gasteiger partial charge in [0.05, 0.1) is 11.8 Å². The summed E-state index contributed by atoms with van der Waals surface area (Å²) < 4.78 is 2.01. The first-order valence-corrected chi connectivity index (χ1v) is 9.48. The Kier molecular flexibility index (Phi) is 6.01. The third-order valence-corrected chi connectivity index (χ3v) is 4.95. The molecule has 0 saturated carbocycles. The number of nitrogens with zero attached hydrogens (tertiary/aromatic N) is 4. The molecule has 2 aromatic heterocycles. The van der Waals surface area contributed by atoms with Crippen LogP contribution in [0, 0.1) is 0 Å². The van der Waals surface area contributed by atoms with E-state index < -0.39 is 0 Å². The Morgan fingerprint density at radius 2 is 1.88 bits per heavy atom. The summed E-state index contributed by atoms with van der Waals surface area (Å²) >= 11 is 1.39. The number of hydrogen-bond donors (Lipinski definition) is 1. The molecule has 0 bridgehead atoms. The summed E-state index contributed by atoms with van der Waals surface area (Å²) in [6.45, 7) is 4.75. The van der Waals surface area contributed by atoms with Crippen molar-refractivity contribution in [3.8, 4) is 11.4 Å². The van der Waals surface area contributed by atoms with Crippen LogP contribution in [0.4, 0.5) is 0 Å². The van der Waals surface area contributed by atoms with Crippen LogP contribution in [-0.4, -0.2) is 31.4 Å². The molecule has 0 aliphatic rings. The first-order chi connectivity index (χ1) is 12.7. The van der Waals surface area contributed by atoms with Gasteiger partial charge in [0, 0.05) is 24.5 Å². The van der Waals surface area contributed by atoms with Crippen LogP contribution in [0.2, 0.25) is 0 Å². The SMILES string of the molecule is CCn1c(SCC(=O)N[C@H](C)c2ccccc2)nnc1-c1ccncc1. The minimum absolute atomic E-state index is 0.0255. The molecule has 2 heterocycles. The largest absolute Gasteiger partial charge is 0.349 e. The normalized spacial score (nSPS) is 11.9. The minimum Gasteiger partial charge on any atom is -0.349 e. The molecule has 0 unspecified atom stereocenters. The molecule has 3 aromatic rings. The van der Waals surface area contributed by atoms with E-state index in [0.717, 1.165) is 28.7 Å². The van der Waals surface area contributed by atoms with Gasteiger partial charge in [-0.25, -0.2) is 0 Å². The number of pyridine rings is 1. The predicted molar refractivity (Wildman–Crippen MR) is 103 cm³/mol. The third kappa shape index (κ3) is 4.29. The van der Waals surface area contributed by atoms with Gasteiger partial charge in [0.25, 0.3) is 0 Å². The van der Waals surface area contributed by atoms with Crippen molar-refractivity contribution >= 4 is 17.7 Å². The number of nitrogens with one attached hydrogen (secondary N) is 1. The van der Waals surface area contributed by atoms with E-state index in [-0.39, 0.29) is 11.9 Å². The van der Waals surface area contributed by atoms with Gasteiger partial charge < -0.3 is 9.88 Å². The highest BCUT2D eigenvalue weighted by Gasteiger charge is 2.15. The van der Waals surface area contributed by atoms with E-state index in [0.29, 0.717) is 5.75 Å². The Hall–Kier alpha value is -2.67. The Morgan fingerprint density at radius 3 is 2.58 bits per heavy atom. The Balaban J connectivity index is 1.63. The fourth-order valence-corrected chi connectivity index (χ4v) is 3.45. The molecular formula is C19H21N5OS. The number of benzene rings is 1. The molecule has 1 atom stereocenters. The van der Waals surface area contributed by atoms with E-state index in [9.17, 15) is 4.79 Å². The van der Waals surface area contributed by atoms with E-state index >= 15 is 0 Å². The van der Waals surface area contributed by atoms with Gasteiger partial charge in [-0.1, -0.05) is 42.1 Å². The minimum atomic E-state index is -0.0271. The van der Waals surface area contributed by atoms with Crippen molar-refractivity contribution in [1.82, 2.24) is 25.1 Å². The number of amides is 1. The van der Waals surface area contributed by atoms with E-state index in [4.69, 9.17) is 0 Å². The maximum absolute atomic E-state index is 12.3. The highest BCUT2D eigenvalue weighted by molar-refractivity contribution is 7.99. The van der Waals surface area contributed by atoms with Crippen LogP contribution in [0.15, 0.2) is 60.0 Å². The smallest absolute Gasteiger partial charge is 0.230 e. The lowest BCUT2D eigenvalue weighted by atomic mass is 10.1. The lowest BCUT2D eigenvalue weighted by molar-refractivity contribution is -0.119. The molecule has 0 spiro atoms. The van der Waals surface area contributed by atoms with Crippen LogP contribution in [0.3, 0.4) is 0 Å². The molecule has 6 nitrogen and oxygen atoms in total. The summed E-state index contributed by atoms with van der Waals surface area (Å²) in [7, 11) is 0. The Labute approximate surface area is 157 Å². The standard InChI is InChI=1S/C19H21N5OS/c1-3-24-18(16-9-11-20-12-10-16)22-23-19(24)26-13-17(25)21-14(2)15-7-5-4-6-8-15/h4-12,14H,3,13H2,1-2H3,(H,21,25)/t14-/m1/s1. The molecule has 1 aromatic carbocycles. The van der Waals surface area contributed by atoms with Crippen LogP contribution < -0.4 is 5.32 Å². The summed E-state index contributed by atoms with van der Waals surface area (Å²) in [6.07, 6.45) is 3.46. The van der Waals surface area contributed by atoms with Gasteiger partial charge in [-0.3, -0.25) is 9.78 Å². The number of rotatable bonds is 7. The molecule has 26 heavy (non-hydrogen) atoms. The molecule has 0 fully saturated rings. The molecule has 1 amide bonds. The second kappa shape index (κ2) is 8.62. The zero-order chi connectivity index (χ0) is 18.4. The fourth-order valence-electron chi connectivity index (χ4n) is 2.63. The van der Waals surface area contributed by atoms with Gasteiger partial charge in [0.15, 0.2) is 11.0 Å². The van der Waals surface area contributed by atoms with Gasteiger partial charge in [-0.2, -0.15) is 0 Å². The van der Waals surface area contributed by atoms with Crippen molar-refractivity contribution in [2.75, 3.05) is 5.75 Å². The van der Waals surface area contributed by atoms with Gasteiger partial charge in [0.1, 0.15) is 0 Å². The summed E-state index contributed by atoms with van der Waals surface area (Å²) in [5, 5.41) is 12.3. The van der Waals surface area contributed by atoms with E-state index in [1.807, 2.05) is 60.9 Å². The van der Waals surface area contributed by atoms with Crippen molar-refractivity contribution in [2.45, 2.75) is 31.6 Å². The summed E-state index contributed by atoms with van der Waals surface area (Å²) in [5.41, 5.74) is 2.05. The maximum atomic E-state index is 12.3. The summed E-state index contributed by atoms with van der Waals surface area (Å²) in [6, 6.07) is 13.7. The fraction of sp³-hybridized carbons (Fsp3) is 0.263. The number of thioether (sulfide) groups is 1. The molecule has 0 radical (unpaired) electrons. The van der Waals surface area contributed by atoms with Crippen molar-refractivity contribution in [3.05, 3.63) is 60.4 Å². The number of carbonyl (C=O) groups is 1. The predicted octanol–water partition coefficient (Wildman–Crippen LogP) is 3.33. The van der Waals surface area contributed by atoms with Gasteiger partial charge in [-0.05, 0) is 31.5 Å². The van der Waals surface area contributed by atoms with Crippen molar-refractivity contribution in [2.24, 2.45) is 0 Å². The van der Waals surface area contributed by atoms with E-state index in [1.54, 1.807) is 12.4 Å². The maximum Gasteiger partial charge on any atom is 0.230 e. The lowest BCUT2D eigenvalue weighted by Gasteiger charge is -2.14. The second-order valence-corrected chi connectivity index (χ2v) is 6.72. The molecule has 3 rings (SSSR count). The Bertz CT molecular complexity index is 851. The third-order valence-electron chi connectivity index (χ3n) is 3.98. The Morgan fingerprint density at radius 1 is 1.15 bits per heavy atom. The average molecular weight is 367 g/mol. The zero-order valence-corrected chi connectivity index (χ0v) is 15.6. The first-order valence-electron chi connectivity index (χ1n) is 8.49. The molecule has 0 aliphatic carbocycles. The summed E-state index contributed by atoms with van der Waals surface area (Å²) in [5.74, 6) is 1.06. The number of carbonyl (C=O) groups excluding carboxylic acids is 1. The molecule has 0 saturated heterocycles. The van der Waals surface area contributed by atoms with Crippen molar-refractivity contribution in [3.63, 3.8) is 0 Å². The van der Waals surface area contributed by atoms with Crippen LogP contribution >= 0.6 is 11.8 Å². The van der Waals surface area contributed by atoms with Gasteiger partial charge in [0.2, 0.25) is 5.91 Å². The van der Waals surface area contributed by atoms with Crippen LogP contribution in [0.1, 0.15) is 25.5 Å². The highest BCUT2D eigenvalue weighted by atomic mass is 32.2. The van der Waals surface area contributed by atoms with Crippen LogP contribution in [-0.2, 0) is 11.3 Å². The highest BCUT2D eigenvalue weighted by Crippen LogP contribution is 2.23. The summed E-state index contributed by atoms with van der Waals surface area (Å²) in [4.78, 5) is 16.3. The van der Waals surface area contributed by atoms with Crippen molar-refractivity contribution in [1.29, 1.82) is 0 Å². The monoisotopic (exact) mass is 367 g/mol. The molecule has 0 aliphatic heterocycles. The molecule has 7 heteroatoms. The number of hydrogen-bond acceptors (Lipinski definition) is 5. The zero-order valence-electron chi connectivity index (χ0n) is 14.8. The molecule has 134 valence electrons. The second-order valence-electron chi connectivity index (χ2n) is 5.77. The lowest BCUT2D eigenvalue weighted by Crippen LogP contribution is -2.28. The quantitative estimate of drug-likeness (QED) is 0.649. The van der Waals surface area contributed by atoms with E-state index in [1.165, 1.54) is 11.8 Å². The first kappa shape index (κ1) is 18.1. The number of aromatic nitrogens is 4. The topological polar surface area (TPSA) is 72.7 Å². The van der Waals surface area contributed by atoms with Gasteiger partial charge >= 0.3 is 0 Å². The molecule has 1 N–H and O–H groups in total. The van der Waals surface area contributed by atoms with Crippen LogP contribution in [0.25, 0.3) is 11.4 Å². The van der Waals surface area contributed by atoms with E-state index in [2.05, 4.69) is 20.5 Å². The van der Waals surface area contributed by atoms with Crippen molar-refractivity contribution < 1.29 is 4.79 Å². The van der Waals surface area contributed by atoms with Crippen LogP contribution in [0.5, 0.6) is 0 Å². The van der Waals surface area contributed by atoms with Gasteiger partial charge in [-0.15, -0.1) is 10.2 Å².